The number of halogens is 1. The fourth-order valence-corrected chi connectivity index (χ4v) is 2.78. The molecular formula is C15H10BrN5. The van der Waals surface area contributed by atoms with Gasteiger partial charge in [-0.1, -0.05) is 15.9 Å². The first-order chi connectivity index (χ1) is 10.2. The summed E-state index contributed by atoms with van der Waals surface area (Å²) in [7, 11) is 0. The second-order valence-corrected chi connectivity index (χ2v) is 5.63. The molecule has 0 bridgehead atoms. The van der Waals surface area contributed by atoms with Crippen LogP contribution in [0.1, 0.15) is 0 Å². The number of hydrogen-bond donors (Lipinski definition) is 1. The van der Waals surface area contributed by atoms with Gasteiger partial charge in [-0.2, -0.15) is 0 Å². The number of pyridine rings is 2. The van der Waals surface area contributed by atoms with Gasteiger partial charge in [0.1, 0.15) is 18.0 Å². The van der Waals surface area contributed by atoms with Crippen LogP contribution < -0.4 is 5.73 Å². The van der Waals surface area contributed by atoms with Gasteiger partial charge in [0.05, 0.1) is 5.52 Å². The van der Waals surface area contributed by atoms with Crippen molar-refractivity contribution in [2.75, 3.05) is 5.73 Å². The third-order valence-electron chi connectivity index (χ3n) is 3.43. The predicted octanol–water partition coefficient (Wildman–Crippen LogP) is 3.31. The van der Waals surface area contributed by atoms with Crippen molar-refractivity contribution >= 4 is 43.4 Å². The lowest BCUT2D eigenvalue weighted by Gasteiger charge is -2.09. The molecule has 0 fully saturated rings. The molecule has 102 valence electrons. The Kier molecular flexibility index (Phi) is 2.65. The molecule has 0 saturated carbocycles. The molecule has 0 radical (unpaired) electrons. The van der Waals surface area contributed by atoms with Gasteiger partial charge in [-0.15, -0.1) is 0 Å². The van der Waals surface area contributed by atoms with Crippen molar-refractivity contribution in [1.82, 2.24) is 19.5 Å². The van der Waals surface area contributed by atoms with Crippen molar-refractivity contribution in [1.29, 1.82) is 0 Å². The van der Waals surface area contributed by atoms with Gasteiger partial charge in [-0.25, -0.2) is 9.97 Å². The molecule has 0 atom stereocenters. The Labute approximate surface area is 128 Å². The van der Waals surface area contributed by atoms with Gasteiger partial charge in [0.2, 0.25) is 0 Å². The van der Waals surface area contributed by atoms with Crippen LogP contribution in [0.2, 0.25) is 0 Å². The van der Waals surface area contributed by atoms with Crippen LogP contribution in [0.3, 0.4) is 0 Å². The van der Waals surface area contributed by atoms with Crippen molar-refractivity contribution < 1.29 is 0 Å². The Bertz CT molecular complexity index is 963. The van der Waals surface area contributed by atoms with Crippen LogP contribution in [-0.2, 0) is 0 Å². The van der Waals surface area contributed by atoms with Gasteiger partial charge < -0.3 is 5.73 Å². The van der Waals surface area contributed by atoms with Crippen LogP contribution in [0.15, 0.2) is 53.7 Å². The maximum atomic E-state index is 6.10. The van der Waals surface area contributed by atoms with E-state index in [0.29, 0.717) is 5.82 Å². The highest BCUT2D eigenvalue weighted by Crippen LogP contribution is 2.30. The van der Waals surface area contributed by atoms with Crippen LogP contribution in [0.25, 0.3) is 27.5 Å². The summed E-state index contributed by atoms with van der Waals surface area (Å²) in [6, 6.07) is 8.00. The van der Waals surface area contributed by atoms with Gasteiger partial charge in [0.25, 0.3) is 0 Å². The zero-order valence-electron chi connectivity index (χ0n) is 10.9. The van der Waals surface area contributed by atoms with Crippen molar-refractivity contribution in [3.05, 3.63) is 53.7 Å². The lowest BCUT2D eigenvalue weighted by molar-refractivity contribution is 1.00. The fraction of sp³-hybridized carbons (Fsp3) is 0. The number of rotatable bonds is 1. The average Bonchev–Trinajstić information content (AvgIpc) is 3.01. The normalized spacial score (nSPS) is 11.3. The minimum atomic E-state index is 0.463. The quantitative estimate of drug-likeness (QED) is 0.540. The number of nitrogens with two attached hydrogens (primary N) is 1. The van der Waals surface area contributed by atoms with Crippen molar-refractivity contribution in [3.8, 4) is 5.82 Å². The van der Waals surface area contributed by atoms with Gasteiger partial charge >= 0.3 is 0 Å². The topological polar surface area (TPSA) is 69.6 Å². The molecule has 0 spiro atoms. The van der Waals surface area contributed by atoms with Crippen LogP contribution >= 0.6 is 15.9 Å². The van der Waals surface area contributed by atoms with Crippen LogP contribution in [0.5, 0.6) is 0 Å². The number of aromatic nitrogens is 4. The minimum absolute atomic E-state index is 0.463. The van der Waals surface area contributed by atoms with E-state index in [0.717, 1.165) is 32.0 Å². The maximum absolute atomic E-state index is 6.10. The molecule has 21 heavy (non-hydrogen) atoms. The molecule has 0 unspecified atom stereocenters. The molecule has 6 heteroatoms. The first kappa shape index (κ1) is 12.3. The molecule has 0 amide bonds. The van der Waals surface area contributed by atoms with Crippen LogP contribution in [0.4, 0.5) is 5.82 Å². The second-order valence-electron chi connectivity index (χ2n) is 4.72. The first-order valence-electron chi connectivity index (χ1n) is 6.35. The fourth-order valence-electron chi connectivity index (χ4n) is 2.42. The summed E-state index contributed by atoms with van der Waals surface area (Å²) in [6.07, 6.45) is 7.02. The summed E-state index contributed by atoms with van der Waals surface area (Å²) >= 11 is 3.50. The molecule has 0 aliphatic rings. The second kappa shape index (κ2) is 4.53. The lowest BCUT2D eigenvalue weighted by atomic mass is 10.1. The Hall–Kier alpha value is -2.47. The van der Waals surface area contributed by atoms with Gasteiger partial charge in [-0.05, 0) is 24.3 Å². The molecule has 0 aliphatic heterocycles. The lowest BCUT2D eigenvalue weighted by Crippen LogP contribution is -2.00. The van der Waals surface area contributed by atoms with Gasteiger partial charge in [0, 0.05) is 39.2 Å². The van der Waals surface area contributed by atoms with Gasteiger partial charge in [-0.3, -0.25) is 9.55 Å². The molecule has 5 nitrogen and oxygen atoms in total. The van der Waals surface area contributed by atoms with Crippen LogP contribution in [0, 0.1) is 0 Å². The van der Waals surface area contributed by atoms with E-state index < -0.39 is 0 Å². The van der Waals surface area contributed by atoms with E-state index in [1.165, 1.54) is 0 Å². The van der Waals surface area contributed by atoms with E-state index >= 15 is 0 Å². The summed E-state index contributed by atoms with van der Waals surface area (Å²) in [5.74, 6) is 1.20. The molecule has 1 aromatic carbocycles. The number of anilines is 1. The Morgan fingerprint density at radius 2 is 2.00 bits per heavy atom. The number of benzene rings is 1. The molecule has 4 aromatic rings. The highest BCUT2D eigenvalue weighted by atomic mass is 79.9. The first-order valence-corrected chi connectivity index (χ1v) is 7.14. The predicted molar refractivity (Wildman–Crippen MR) is 86.3 cm³/mol. The van der Waals surface area contributed by atoms with E-state index in [9.17, 15) is 0 Å². The molecule has 0 aliphatic carbocycles. The molecule has 0 saturated heterocycles. The molecule has 3 aromatic heterocycles. The summed E-state index contributed by atoms with van der Waals surface area (Å²) in [5, 5.41) is 2.92. The van der Waals surface area contributed by atoms with E-state index in [4.69, 9.17) is 5.73 Å². The summed E-state index contributed by atoms with van der Waals surface area (Å²) < 4.78 is 2.84. The number of fused-ring (bicyclic) bond motifs is 3. The average molecular weight is 340 g/mol. The molecular weight excluding hydrogens is 330 g/mol. The summed E-state index contributed by atoms with van der Waals surface area (Å²) in [4.78, 5) is 12.9. The molecule has 2 N–H and O–H groups in total. The monoisotopic (exact) mass is 339 g/mol. The Morgan fingerprint density at radius 1 is 1.10 bits per heavy atom. The highest BCUT2D eigenvalue weighted by Gasteiger charge is 2.09. The number of nitrogens with zero attached hydrogens (tertiary/aromatic N) is 4. The van der Waals surface area contributed by atoms with E-state index in [1.807, 2.05) is 35.0 Å². The third kappa shape index (κ3) is 1.95. The number of hydrogen-bond acceptors (Lipinski definition) is 4. The van der Waals surface area contributed by atoms with Crippen molar-refractivity contribution in [2.24, 2.45) is 0 Å². The highest BCUT2D eigenvalue weighted by molar-refractivity contribution is 9.10. The van der Waals surface area contributed by atoms with E-state index in [-0.39, 0.29) is 0 Å². The zero-order chi connectivity index (χ0) is 14.4. The standard InChI is InChI=1S/C15H10BrN5/c16-9-1-2-13-11(5-9)10-6-14(21-4-3-18-8-21)20-15(17)12(10)7-19-13/h1-8H,(H2,17,20). The third-order valence-corrected chi connectivity index (χ3v) is 3.92. The Balaban J connectivity index is 2.14. The zero-order valence-corrected chi connectivity index (χ0v) is 12.4. The summed E-state index contributed by atoms with van der Waals surface area (Å²) in [5.41, 5.74) is 7.02. The van der Waals surface area contributed by atoms with Gasteiger partial charge in [0.15, 0.2) is 0 Å². The molecule has 4 rings (SSSR count). The Morgan fingerprint density at radius 3 is 2.81 bits per heavy atom. The van der Waals surface area contributed by atoms with Crippen LogP contribution in [-0.4, -0.2) is 19.5 Å². The smallest absolute Gasteiger partial charge is 0.140 e. The maximum Gasteiger partial charge on any atom is 0.140 e. The largest absolute Gasteiger partial charge is 0.383 e. The number of imidazole rings is 1. The minimum Gasteiger partial charge on any atom is -0.383 e. The van der Waals surface area contributed by atoms with Crippen molar-refractivity contribution in [3.63, 3.8) is 0 Å². The SMILES string of the molecule is Nc1nc(-n2ccnc2)cc2c1cnc1ccc(Br)cc12. The van der Waals surface area contributed by atoms with Crippen molar-refractivity contribution in [2.45, 2.75) is 0 Å². The molecule has 3 heterocycles. The summed E-state index contributed by atoms with van der Waals surface area (Å²) in [6.45, 7) is 0. The van der Waals surface area contributed by atoms with E-state index in [2.05, 4.69) is 30.9 Å². The number of nitrogen functional groups attached to an aromatic ring is 1. The van der Waals surface area contributed by atoms with E-state index in [1.54, 1.807) is 18.7 Å².